The van der Waals surface area contributed by atoms with Gasteiger partial charge < -0.3 is 19.9 Å². The Morgan fingerprint density at radius 2 is 1.77 bits per heavy atom. The minimum Gasteiger partial charge on any atom is -0.490 e. The number of carbonyl (C=O) groups is 1. The van der Waals surface area contributed by atoms with Gasteiger partial charge in [0.05, 0.1) is 12.6 Å². The summed E-state index contributed by atoms with van der Waals surface area (Å²) >= 11 is 0. The van der Waals surface area contributed by atoms with E-state index in [-0.39, 0.29) is 5.91 Å². The molecular formula is C23H35N5O2. The molecule has 0 atom stereocenters. The molecule has 0 bridgehead atoms. The van der Waals surface area contributed by atoms with Gasteiger partial charge in [0.2, 0.25) is 5.91 Å². The summed E-state index contributed by atoms with van der Waals surface area (Å²) in [5, 5.41) is 3.51. The molecule has 4 rings (SSSR count). The molecule has 164 valence electrons. The lowest BCUT2D eigenvalue weighted by atomic mass is 9.96. The first-order valence-electron chi connectivity index (χ1n) is 11.4. The molecular weight excluding hydrogens is 378 g/mol. The monoisotopic (exact) mass is 413 g/mol. The van der Waals surface area contributed by atoms with Crippen LogP contribution in [0, 0.1) is 0 Å². The largest absolute Gasteiger partial charge is 0.490 e. The van der Waals surface area contributed by atoms with Crippen LogP contribution in [-0.4, -0.2) is 85.5 Å². The topological polar surface area (TPSA) is 60.4 Å². The van der Waals surface area contributed by atoms with E-state index in [1.165, 1.54) is 12.0 Å². The number of likely N-dealkylation sites (tertiary alicyclic amines) is 1. The fourth-order valence-corrected chi connectivity index (χ4v) is 4.32. The Labute approximate surface area is 180 Å². The number of nitrogens with zero attached hydrogens (tertiary/aromatic N) is 4. The van der Waals surface area contributed by atoms with Crippen molar-refractivity contribution in [2.75, 3.05) is 52.9 Å². The van der Waals surface area contributed by atoms with E-state index < -0.39 is 0 Å². The minimum absolute atomic E-state index is 0.284. The number of hydrogen-bond donors (Lipinski definition) is 1. The normalized spacial score (nSPS) is 20.9. The van der Waals surface area contributed by atoms with Crippen molar-refractivity contribution in [3.63, 3.8) is 0 Å². The maximum atomic E-state index is 12.4. The number of aliphatic imine (C=N–C) groups is 1. The highest BCUT2D eigenvalue weighted by Gasteiger charge is 2.25. The Morgan fingerprint density at radius 1 is 1.03 bits per heavy atom. The van der Waals surface area contributed by atoms with E-state index in [4.69, 9.17) is 4.74 Å². The van der Waals surface area contributed by atoms with Gasteiger partial charge in [-0.1, -0.05) is 18.2 Å². The van der Waals surface area contributed by atoms with Gasteiger partial charge in [0, 0.05) is 58.4 Å². The minimum atomic E-state index is 0.284. The second kappa shape index (κ2) is 10.2. The Bertz CT molecular complexity index is 735. The van der Waals surface area contributed by atoms with Crippen LogP contribution in [-0.2, 0) is 11.3 Å². The van der Waals surface area contributed by atoms with Crippen molar-refractivity contribution in [3.8, 4) is 5.75 Å². The lowest BCUT2D eigenvalue weighted by molar-refractivity contribution is -0.131. The molecule has 2 heterocycles. The van der Waals surface area contributed by atoms with Crippen LogP contribution in [0.3, 0.4) is 0 Å². The van der Waals surface area contributed by atoms with E-state index in [0.29, 0.717) is 19.2 Å². The highest BCUT2D eigenvalue weighted by atomic mass is 16.5. The van der Waals surface area contributed by atoms with Crippen molar-refractivity contribution in [2.24, 2.45) is 4.99 Å². The van der Waals surface area contributed by atoms with Crippen molar-refractivity contribution in [3.05, 3.63) is 29.8 Å². The summed E-state index contributed by atoms with van der Waals surface area (Å²) in [7, 11) is 1.84. The lowest BCUT2D eigenvalue weighted by Crippen LogP contribution is -2.54. The Hall–Kier alpha value is -2.28. The second-order valence-corrected chi connectivity index (χ2v) is 8.53. The van der Waals surface area contributed by atoms with E-state index in [0.717, 1.165) is 76.7 Å². The van der Waals surface area contributed by atoms with Crippen LogP contribution < -0.4 is 10.1 Å². The standard InChI is InChI=1S/C23H35N5O2/c1-24-23(25-17-19-7-2-3-10-21(19)30-20-8-6-9-20)28-15-13-26(14-16-28)18-22(29)27-11-4-5-12-27/h2-3,7,10,20H,4-6,8-9,11-18H2,1H3,(H,24,25). The Morgan fingerprint density at radius 3 is 2.43 bits per heavy atom. The molecule has 7 heteroatoms. The van der Waals surface area contributed by atoms with Crippen molar-refractivity contribution >= 4 is 11.9 Å². The van der Waals surface area contributed by atoms with Crippen molar-refractivity contribution in [1.29, 1.82) is 0 Å². The zero-order chi connectivity index (χ0) is 20.8. The van der Waals surface area contributed by atoms with Gasteiger partial charge >= 0.3 is 0 Å². The Balaban J connectivity index is 1.25. The van der Waals surface area contributed by atoms with Gasteiger partial charge in [0.15, 0.2) is 5.96 Å². The molecule has 1 aliphatic carbocycles. The highest BCUT2D eigenvalue weighted by Crippen LogP contribution is 2.27. The number of ether oxygens (including phenoxy) is 1. The molecule has 0 radical (unpaired) electrons. The zero-order valence-electron chi connectivity index (χ0n) is 18.2. The van der Waals surface area contributed by atoms with E-state index in [9.17, 15) is 4.79 Å². The number of para-hydroxylation sites is 1. The van der Waals surface area contributed by atoms with E-state index in [1.807, 2.05) is 18.0 Å². The molecule has 7 nitrogen and oxygen atoms in total. The third-order valence-electron chi connectivity index (χ3n) is 6.46. The van der Waals surface area contributed by atoms with Gasteiger partial charge in [-0.15, -0.1) is 0 Å². The number of amides is 1. The molecule has 0 spiro atoms. The number of piperazine rings is 1. The third-order valence-corrected chi connectivity index (χ3v) is 6.46. The molecule has 3 aliphatic rings. The second-order valence-electron chi connectivity index (χ2n) is 8.53. The van der Waals surface area contributed by atoms with Crippen LogP contribution in [0.5, 0.6) is 5.75 Å². The molecule has 1 aromatic carbocycles. The first-order valence-corrected chi connectivity index (χ1v) is 11.4. The van der Waals surface area contributed by atoms with Crippen molar-refractivity contribution < 1.29 is 9.53 Å². The summed E-state index contributed by atoms with van der Waals surface area (Å²) in [5.41, 5.74) is 1.17. The predicted octanol–water partition coefficient (Wildman–Crippen LogP) is 1.93. The number of hydrogen-bond acceptors (Lipinski definition) is 4. The van der Waals surface area contributed by atoms with Gasteiger partial charge in [-0.25, -0.2) is 0 Å². The van der Waals surface area contributed by atoms with Crippen molar-refractivity contribution in [1.82, 2.24) is 20.0 Å². The average molecular weight is 414 g/mol. The van der Waals surface area contributed by atoms with Crippen LogP contribution in [0.1, 0.15) is 37.7 Å². The van der Waals surface area contributed by atoms with Gasteiger partial charge in [-0.3, -0.25) is 14.7 Å². The smallest absolute Gasteiger partial charge is 0.236 e. The molecule has 0 aromatic heterocycles. The summed E-state index contributed by atoms with van der Waals surface area (Å²) in [6.45, 7) is 6.65. The van der Waals surface area contributed by atoms with Gasteiger partial charge in [0.25, 0.3) is 0 Å². The van der Waals surface area contributed by atoms with E-state index >= 15 is 0 Å². The lowest BCUT2D eigenvalue weighted by Gasteiger charge is -2.36. The van der Waals surface area contributed by atoms with Gasteiger partial charge in [-0.05, 0) is 38.2 Å². The molecule has 0 unspecified atom stereocenters. The first-order chi connectivity index (χ1) is 14.7. The molecule has 1 aromatic rings. The van der Waals surface area contributed by atoms with Crippen molar-refractivity contribution in [2.45, 2.75) is 44.8 Å². The number of benzene rings is 1. The van der Waals surface area contributed by atoms with E-state index in [2.05, 4.69) is 38.3 Å². The molecule has 2 aliphatic heterocycles. The summed E-state index contributed by atoms with van der Waals surface area (Å²) in [6, 6.07) is 8.28. The molecule has 2 saturated heterocycles. The van der Waals surface area contributed by atoms with Crippen LogP contribution in [0.15, 0.2) is 29.3 Å². The molecule has 1 N–H and O–H groups in total. The van der Waals surface area contributed by atoms with Gasteiger partial charge in [0.1, 0.15) is 5.75 Å². The van der Waals surface area contributed by atoms with Crippen LogP contribution in [0.25, 0.3) is 0 Å². The van der Waals surface area contributed by atoms with Crippen LogP contribution in [0.4, 0.5) is 0 Å². The predicted molar refractivity (Wildman–Crippen MR) is 119 cm³/mol. The quantitative estimate of drug-likeness (QED) is 0.571. The summed E-state index contributed by atoms with van der Waals surface area (Å²) in [6.07, 6.45) is 6.27. The summed E-state index contributed by atoms with van der Waals surface area (Å²) in [4.78, 5) is 23.5. The number of nitrogens with one attached hydrogen (secondary N) is 1. The van der Waals surface area contributed by atoms with E-state index in [1.54, 1.807) is 0 Å². The molecule has 30 heavy (non-hydrogen) atoms. The first kappa shape index (κ1) is 21.0. The maximum absolute atomic E-state index is 12.4. The fraction of sp³-hybridized carbons (Fsp3) is 0.652. The van der Waals surface area contributed by atoms with Gasteiger partial charge in [-0.2, -0.15) is 0 Å². The number of rotatable bonds is 6. The molecule has 1 amide bonds. The fourth-order valence-electron chi connectivity index (χ4n) is 4.32. The van der Waals surface area contributed by atoms with Crippen LogP contribution >= 0.6 is 0 Å². The molecule has 1 saturated carbocycles. The summed E-state index contributed by atoms with van der Waals surface area (Å²) in [5.74, 6) is 2.18. The maximum Gasteiger partial charge on any atom is 0.236 e. The zero-order valence-corrected chi connectivity index (χ0v) is 18.2. The van der Waals surface area contributed by atoms with Crippen LogP contribution in [0.2, 0.25) is 0 Å². The SMILES string of the molecule is CN=C(NCc1ccccc1OC1CCC1)N1CCN(CC(=O)N2CCCC2)CC1. The highest BCUT2D eigenvalue weighted by molar-refractivity contribution is 5.80. The number of guanidine groups is 1. The third kappa shape index (κ3) is 5.25. The summed E-state index contributed by atoms with van der Waals surface area (Å²) < 4.78 is 6.15. The number of carbonyl (C=O) groups excluding carboxylic acids is 1. The Kier molecular flexibility index (Phi) is 7.10. The molecule has 3 fully saturated rings. The average Bonchev–Trinajstić information content (AvgIpc) is 3.28.